The maximum atomic E-state index is 12.9. The summed E-state index contributed by atoms with van der Waals surface area (Å²) in [6, 6.07) is 12.1. The third kappa shape index (κ3) is 4.38. The number of amides is 1. The standard InChI is InChI=1S/C23H27N3O3/c1-4-16-9-11-17(12-10-16)21(27)19-20(18-8-5-6-13-24-18)26(23(29)22(19)28)15-7-14-25(2)3/h5-6,8-13,20,27H,4,7,14-15H2,1-3H3/b21-19-. The number of aliphatic hydroxyl groups is 1. The molecule has 0 aliphatic carbocycles. The number of benzene rings is 1. The maximum Gasteiger partial charge on any atom is 0.295 e. The van der Waals surface area contributed by atoms with Crippen LogP contribution in [0.25, 0.3) is 5.76 Å². The molecule has 6 heteroatoms. The van der Waals surface area contributed by atoms with Crippen molar-refractivity contribution in [2.45, 2.75) is 25.8 Å². The Morgan fingerprint density at radius 2 is 1.86 bits per heavy atom. The fourth-order valence-electron chi connectivity index (χ4n) is 3.57. The molecule has 6 nitrogen and oxygen atoms in total. The van der Waals surface area contributed by atoms with Crippen LogP contribution in [-0.2, 0) is 16.0 Å². The quantitative estimate of drug-likeness (QED) is 0.445. The van der Waals surface area contributed by atoms with Crippen LogP contribution in [0.15, 0.2) is 54.2 Å². The molecule has 2 aromatic rings. The van der Waals surface area contributed by atoms with Crippen molar-refractivity contribution in [1.29, 1.82) is 0 Å². The van der Waals surface area contributed by atoms with Gasteiger partial charge in [-0.1, -0.05) is 37.3 Å². The number of aromatic nitrogens is 1. The van der Waals surface area contributed by atoms with E-state index in [1.54, 1.807) is 30.5 Å². The van der Waals surface area contributed by atoms with Crippen molar-refractivity contribution >= 4 is 17.4 Å². The van der Waals surface area contributed by atoms with Crippen molar-refractivity contribution in [2.75, 3.05) is 27.2 Å². The molecular weight excluding hydrogens is 366 g/mol. The van der Waals surface area contributed by atoms with Crippen molar-refractivity contribution in [3.8, 4) is 0 Å². The van der Waals surface area contributed by atoms with Gasteiger partial charge in [-0.2, -0.15) is 0 Å². The normalized spacial score (nSPS) is 18.6. The molecule has 2 heterocycles. The Kier molecular flexibility index (Phi) is 6.44. The number of pyridine rings is 1. The molecule has 29 heavy (non-hydrogen) atoms. The van der Waals surface area contributed by atoms with E-state index in [1.165, 1.54) is 4.90 Å². The van der Waals surface area contributed by atoms with E-state index in [0.29, 0.717) is 24.2 Å². The summed E-state index contributed by atoms with van der Waals surface area (Å²) in [5.41, 5.74) is 2.33. The van der Waals surface area contributed by atoms with Crippen LogP contribution in [0.3, 0.4) is 0 Å². The minimum Gasteiger partial charge on any atom is -0.507 e. The highest BCUT2D eigenvalue weighted by molar-refractivity contribution is 6.46. The van der Waals surface area contributed by atoms with E-state index in [-0.39, 0.29) is 11.3 Å². The molecule has 1 unspecified atom stereocenters. The monoisotopic (exact) mass is 393 g/mol. The summed E-state index contributed by atoms with van der Waals surface area (Å²) in [4.78, 5) is 33.6. The first kappa shape index (κ1) is 20.7. The van der Waals surface area contributed by atoms with E-state index in [2.05, 4.69) is 11.9 Å². The highest BCUT2D eigenvalue weighted by Crippen LogP contribution is 2.38. The van der Waals surface area contributed by atoms with Gasteiger partial charge in [-0.25, -0.2) is 0 Å². The van der Waals surface area contributed by atoms with E-state index in [1.807, 2.05) is 37.2 Å². The van der Waals surface area contributed by atoms with E-state index < -0.39 is 17.7 Å². The molecule has 0 saturated carbocycles. The molecule has 1 N–H and O–H groups in total. The number of likely N-dealkylation sites (tertiary alicyclic amines) is 1. The third-order valence-electron chi connectivity index (χ3n) is 5.15. The largest absolute Gasteiger partial charge is 0.507 e. The predicted octanol–water partition coefficient (Wildman–Crippen LogP) is 3.02. The zero-order valence-electron chi connectivity index (χ0n) is 17.1. The summed E-state index contributed by atoms with van der Waals surface area (Å²) in [5.74, 6) is -1.41. The van der Waals surface area contributed by atoms with Crippen LogP contribution in [0.4, 0.5) is 0 Å². The van der Waals surface area contributed by atoms with Crippen LogP contribution in [0.2, 0.25) is 0 Å². The Morgan fingerprint density at radius 1 is 1.14 bits per heavy atom. The molecule has 0 radical (unpaired) electrons. The SMILES string of the molecule is CCc1ccc(/C(O)=C2/C(=O)C(=O)N(CCCN(C)C)C2c2ccccn2)cc1. The van der Waals surface area contributed by atoms with Crippen molar-refractivity contribution < 1.29 is 14.7 Å². The van der Waals surface area contributed by atoms with E-state index in [9.17, 15) is 14.7 Å². The molecule has 0 bridgehead atoms. The highest BCUT2D eigenvalue weighted by Gasteiger charge is 2.46. The van der Waals surface area contributed by atoms with Crippen LogP contribution in [0.5, 0.6) is 0 Å². The first-order valence-corrected chi connectivity index (χ1v) is 9.87. The number of hydrogen-bond acceptors (Lipinski definition) is 5. The molecule has 1 aliphatic rings. The van der Waals surface area contributed by atoms with Crippen LogP contribution in [-0.4, -0.2) is 58.8 Å². The van der Waals surface area contributed by atoms with Crippen LogP contribution < -0.4 is 0 Å². The number of aryl methyl sites for hydroxylation is 1. The van der Waals surface area contributed by atoms with Gasteiger partial charge in [0.2, 0.25) is 0 Å². The smallest absolute Gasteiger partial charge is 0.295 e. The summed E-state index contributed by atoms with van der Waals surface area (Å²) >= 11 is 0. The van der Waals surface area contributed by atoms with E-state index >= 15 is 0 Å². The number of Topliss-reactive ketones (excluding diaryl/α,β-unsaturated/α-hetero) is 1. The molecule has 3 rings (SSSR count). The number of rotatable bonds is 7. The maximum absolute atomic E-state index is 12.9. The molecule has 1 fully saturated rings. The second-order valence-electron chi connectivity index (χ2n) is 7.45. The number of nitrogens with zero attached hydrogens (tertiary/aromatic N) is 3. The topological polar surface area (TPSA) is 73.7 Å². The van der Waals surface area contributed by atoms with Gasteiger partial charge in [0.15, 0.2) is 0 Å². The Labute approximate surface area is 171 Å². The summed E-state index contributed by atoms with van der Waals surface area (Å²) in [6.07, 6.45) is 3.23. The number of ketones is 1. The summed E-state index contributed by atoms with van der Waals surface area (Å²) in [6.45, 7) is 3.25. The minimum absolute atomic E-state index is 0.0998. The van der Waals surface area contributed by atoms with Crippen molar-refractivity contribution in [2.24, 2.45) is 0 Å². The van der Waals surface area contributed by atoms with E-state index in [0.717, 1.165) is 18.5 Å². The molecule has 1 atom stereocenters. The Bertz CT molecular complexity index is 905. The van der Waals surface area contributed by atoms with Crippen molar-refractivity contribution in [1.82, 2.24) is 14.8 Å². The molecule has 1 aromatic heterocycles. The second kappa shape index (κ2) is 9.01. The van der Waals surface area contributed by atoms with Gasteiger partial charge in [0.05, 0.1) is 11.3 Å². The minimum atomic E-state index is -0.691. The first-order chi connectivity index (χ1) is 13.9. The van der Waals surface area contributed by atoms with Gasteiger partial charge in [-0.05, 0) is 51.2 Å². The molecular formula is C23H27N3O3. The lowest BCUT2D eigenvalue weighted by Crippen LogP contribution is -2.32. The molecule has 1 aliphatic heterocycles. The Morgan fingerprint density at radius 3 is 2.45 bits per heavy atom. The lowest BCUT2D eigenvalue weighted by Gasteiger charge is -2.25. The molecule has 1 saturated heterocycles. The summed E-state index contributed by atoms with van der Waals surface area (Å²) < 4.78 is 0. The van der Waals surface area contributed by atoms with Gasteiger partial charge in [0.25, 0.3) is 11.7 Å². The van der Waals surface area contributed by atoms with Gasteiger partial charge in [-0.15, -0.1) is 0 Å². The van der Waals surface area contributed by atoms with Gasteiger partial charge in [0, 0.05) is 18.3 Å². The number of carbonyl (C=O) groups excluding carboxylic acids is 2. The van der Waals surface area contributed by atoms with Gasteiger partial charge >= 0.3 is 0 Å². The number of hydrogen-bond donors (Lipinski definition) is 1. The average molecular weight is 393 g/mol. The summed E-state index contributed by atoms with van der Waals surface area (Å²) in [7, 11) is 3.93. The van der Waals surface area contributed by atoms with E-state index in [4.69, 9.17) is 0 Å². The van der Waals surface area contributed by atoms with Crippen LogP contribution in [0.1, 0.15) is 36.2 Å². The van der Waals surface area contributed by atoms with Crippen LogP contribution in [0, 0.1) is 0 Å². The Balaban J connectivity index is 2.05. The zero-order valence-corrected chi connectivity index (χ0v) is 17.1. The Hall–Kier alpha value is -2.99. The number of aliphatic hydroxyl groups excluding tert-OH is 1. The van der Waals surface area contributed by atoms with Crippen molar-refractivity contribution in [3.05, 3.63) is 71.1 Å². The van der Waals surface area contributed by atoms with Crippen molar-refractivity contribution in [3.63, 3.8) is 0 Å². The molecule has 1 aromatic carbocycles. The fraction of sp³-hybridized carbons (Fsp3) is 0.348. The zero-order chi connectivity index (χ0) is 21.0. The second-order valence-corrected chi connectivity index (χ2v) is 7.45. The molecule has 0 spiro atoms. The van der Waals surface area contributed by atoms with Gasteiger partial charge in [0.1, 0.15) is 11.8 Å². The summed E-state index contributed by atoms with van der Waals surface area (Å²) in [5, 5.41) is 11.0. The number of carbonyl (C=O) groups is 2. The predicted molar refractivity (Wildman–Crippen MR) is 112 cm³/mol. The third-order valence-corrected chi connectivity index (χ3v) is 5.15. The average Bonchev–Trinajstić information content (AvgIpc) is 2.98. The molecule has 152 valence electrons. The molecule has 1 amide bonds. The lowest BCUT2D eigenvalue weighted by atomic mass is 9.97. The lowest BCUT2D eigenvalue weighted by molar-refractivity contribution is -0.140. The van der Waals surface area contributed by atoms with Crippen LogP contribution >= 0.6 is 0 Å². The van der Waals surface area contributed by atoms with Gasteiger partial charge in [-0.3, -0.25) is 14.6 Å². The van der Waals surface area contributed by atoms with Gasteiger partial charge < -0.3 is 14.9 Å². The first-order valence-electron chi connectivity index (χ1n) is 9.87. The fourth-order valence-corrected chi connectivity index (χ4v) is 3.57. The highest BCUT2D eigenvalue weighted by atomic mass is 16.3.